The van der Waals surface area contributed by atoms with Crippen molar-refractivity contribution in [3.8, 4) is 11.4 Å². The van der Waals surface area contributed by atoms with Gasteiger partial charge in [-0.3, -0.25) is 4.79 Å². The van der Waals surface area contributed by atoms with Crippen LogP contribution in [0.25, 0.3) is 11.4 Å². The van der Waals surface area contributed by atoms with Crippen molar-refractivity contribution in [1.82, 2.24) is 10.1 Å². The smallest absolute Gasteiger partial charge is 0.255 e. The van der Waals surface area contributed by atoms with Crippen LogP contribution in [0.5, 0.6) is 0 Å². The summed E-state index contributed by atoms with van der Waals surface area (Å²) >= 11 is 0. The lowest BCUT2D eigenvalue weighted by Gasteiger charge is -2.08. The number of nitrogens with zero attached hydrogens (tertiary/aromatic N) is 2. The third-order valence-corrected chi connectivity index (χ3v) is 4.23. The largest absolute Gasteiger partial charge is 0.339 e. The van der Waals surface area contributed by atoms with Gasteiger partial charge in [0.15, 0.2) is 0 Å². The van der Waals surface area contributed by atoms with Crippen molar-refractivity contribution < 1.29 is 9.32 Å². The zero-order valence-corrected chi connectivity index (χ0v) is 14.2. The van der Waals surface area contributed by atoms with E-state index in [0.717, 1.165) is 29.5 Å². The number of aryl methyl sites for hydroxylation is 2. The molecule has 3 aromatic rings. The number of benzene rings is 2. The molecule has 4 rings (SSSR count). The van der Waals surface area contributed by atoms with E-state index in [1.807, 2.05) is 56.3 Å². The molecule has 25 heavy (non-hydrogen) atoms. The SMILES string of the molecule is Cc1cc(C)cc(C(=O)Nc2cccc(-c3noc(C4CC4)n3)c2)c1. The molecule has 0 spiro atoms. The molecule has 1 N–H and O–H groups in total. The van der Waals surface area contributed by atoms with Crippen molar-refractivity contribution in [3.05, 3.63) is 65.0 Å². The van der Waals surface area contributed by atoms with Crippen LogP contribution in [-0.4, -0.2) is 16.0 Å². The number of hydrogen-bond donors (Lipinski definition) is 1. The number of carbonyl (C=O) groups excluding carboxylic acids is 1. The molecule has 0 saturated heterocycles. The highest BCUT2D eigenvalue weighted by molar-refractivity contribution is 6.04. The van der Waals surface area contributed by atoms with Crippen molar-refractivity contribution >= 4 is 11.6 Å². The van der Waals surface area contributed by atoms with Gasteiger partial charge < -0.3 is 9.84 Å². The minimum atomic E-state index is -0.129. The van der Waals surface area contributed by atoms with Gasteiger partial charge in [-0.15, -0.1) is 0 Å². The molecule has 0 unspecified atom stereocenters. The van der Waals surface area contributed by atoms with E-state index in [9.17, 15) is 4.79 Å². The van der Waals surface area contributed by atoms with E-state index in [0.29, 0.717) is 28.9 Å². The average Bonchev–Trinajstić information content (AvgIpc) is 3.31. The predicted octanol–water partition coefficient (Wildman–Crippen LogP) is 4.48. The lowest BCUT2D eigenvalue weighted by atomic mass is 10.1. The number of amides is 1. The van der Waals surface area contributed by atoms with Crippen LogP contribution in [0.4, 0.5) is 5.69 Å². The first kappa shape index (κ1) is 15.6. The number of aromatic nitrogens is 2. The van der Waals surface area contributed by atoms with Crippen LogP contribution < -0.4 is 5.32 Å². The van der Waals surface area contributed by atoms with Crippen LogP contribution in [0.15, 0.2) is 47.0 Å². The highest BCUT2D eigenvalue weighted by atomic mass is 16.5. The molecule has 1 fully saturated rings. The fraction of sp³-hybridized carbons (Fsp3) is 0.250. The molecule has 1 aliphatic carbocycles. The van der Waals surface area contributed by atoms with Gasteiger partial charge in [0.1, 0.15) is 0 Å². The van der Waals surface area contributed by atoms with Crippen LogP contribution in [0.3, 0.4) is 0 Å². The summed E-state index contributed by atoms with van der Waals surface area (Å²) in [6.07, 6.45) is 2.24. The van der Waals surface area contributed by atoms with Crippen molar-refractivity contribution in [1.29, 1.82) is 0 Å². The Kier molecular flexibility index (Phi) is 3.84. The molecule has 0 aliphatic heterocycles. The van der Waals surface area contributed by atoms with Gasteiger partial charge in [-0.1, -0.05) is 34.5 Å². The summed E-state index contributed by atoms with van der Waals surface area (Å²) in [6.45, 7) is 3.97. The normalized spacial score (nSPS) is 13.7. The van der Waals surface area contributed by atoms with Gasteiger partial charge in [-0.05, 0) is 51.0 Å². The Morgan fingerprint density at radius 1 is 1.12 bits per heavy atom. The lowest BCUT2D eigenvalue weighted by Crippen LogP contribution is -2.12. The lowest BCUT2D eigenvalue weighted by molar-refractivity contribution is 0.102. The molecular formula is C20H19N3O2. The van der Waals surface area contributed by atoms with Crippen molar-refractivity contribution in [2.75, 3.05) is 5.32 Å². The molecule has 0 bridgehead atoms. The van der Waals surface area contributed by atoms with Crippen LogP contribution in [-0.2, 0) is 0 Å². The number of nitrogens with one attached hydrogen (secondary N) is 1. The highest BCUT2D eigenvalue weighted by Crippen LogP contribution is 2.39. The molecule has 1 aliphatic rings. The standard InChI is InChI=1S/C20H19N3O2/c1-12-8-13(2)10-16(9-12)19(24)21-17-5-3-4-15(11-17)18-22-20(25-23-18)14-6-7-14/h3-5,8-11,14H,6-7H2,1-2H3,(H,21,24). The summed E-state index contributed by atoms with van der Waals surface area (Å²) in [7, 11) is 0. The molecule has 1 heterocycles. The van der Waals surface area contributed by atoms with Crippen LogP contribution in [0, 0.1) is 13.8 Å². The molecule has 5 nitrogen and oxygen atoms in total. The monoisotopic (exact) mass is 333 g/mol. The predicted molar refractivity (Wildman–Crippen MR) is 95.6 cm³/mol. The minimum absolute atomic E-state index is 0.129. The first-order valence-corrected chi connectivity index (χ1v) is 8.42. The van der Waals surface area contributed by atoms with Gasteiger partial charge >= 0.3 is 0 Å². The number of anilines is 1. The third-order valence-electron chi connectivity index (χ3n) is 4.23. The Bertz CT molecular complexity index is 921. The second-order valence-electron chi connectivity index (χ2n) is 6.64. The molecule has 1 aromatic heterocycles. The van der Waals surface area contributed by atoms with E-state index in [-0.39, 0.29) is 5.91 Å². The van der Waals surface area contributed by atoms with Crippen molar-refractivity contribution in [2.24, 2.45) is 0 Å². The maximum Gasteiger partial charge on any atom is 0.255 e. The molecule has 2 aromatic carbocycles. The second-order valence-corrected chi connectivity index (χ2v) is 6.64. The fourth-order valence-electron chi connectivity index (χ4n) is 2.89. The van der Waals surface area contributed by atoms with Gasteiger partial charge in [-0.2, -0.15) is 4.98 Å². The fourth-order valence-corrected chi connectivity index (χ4v) is 2.89. The molecule has 5 heteroatoms. The van der Waals surface area contributed by atoms with Crippen molar-refractivity contribution in [2.45, 2.75) is 32.6 Å². The molecule has 0 atom stereocenters. The quantitative estimate of drug-likeness (QED) is 0.764. The van der Waals surface area contributed by atoms with Crippen LogP contribution in [0.1, 0.15) is 46.1 Å². The van der Waals surface area contributed by atoms with Gasteiger partial charge in [0.05, 0.1) is 0 Å². The Morgan fingerprint density at radius 3 is 2.60 bits per heavy atom. The molecule has 0 radical (unpaired) electrons. The molecule has 126 valence electrons. The Morgan fingerprint density at radius 2 is 1.88 bits per heavy atom. The molecular weight excluding hydrogens is 314 g/mol. The summed E-state index contributed by atoms with van der Waals surface area (Å²) in [4.78, 5) is 17.0. The maximum atomic E-state index is 12.5. The Balaban J connectivity index is 1.55. The molecule has 1 saturated carbocycles. The Labute approximate surface area is 146 Å². The van der Waals surface area contributed by atoms with E-state index >= 15 is 0 Å². The van der Waals surface area contributed by atoms with E-state index in [1.165, 1.54) is 0 Å². The summed E-state index contributed by atoms with van der Waals surface area (Å²) in [5.41, 5.74) is 4.32. The Hall–Kier alpha value is -2.95. The van der Waals surface area contributed by atoms with Crippen LogP contribution in [0.2, 0.25) is 0 Å². The van der Waals surface area contributed by atoms with Crippen molar-refractivity contribution in [3.63, 3.8) is 0 Å². The second kappa shape index (κ2) is 6.16. The molecule has 1 amide bonds. The minimum Gasteiger partial charge on any atom is -0.339 e. The summed E-state index contributed by atoms with van der Waals surface area (Å²) < 4.78 is 5.31. The van der Waals surface area contributed by atoms with Crippen LogP contribution >= 0.6 is 0 Å². The third kappa shape index (κ3) is 3.45. The first-order chi connectivity index (χ1) is 12.1. The van der Waals surface area contributed by atoms with Gasteiger partial charge in [0.2, 0.25) is 11.7 Å². The number of hydrogen-bond acceptors (Lipinski definition) is 4. The van der Waals surface area contributed by atoms with E-state index in [4.69, 9.17) is 4.52 Å². The number of carbonyl (C=O) groups is 1. The zero-order chi connectivity index (χ0) is 17.4. The highest BCUT2D eigenvalue weighted by Gasteiger charge is 2.29. The first-order valence-electron chi connectivity index (χ1n) is 8.42. The summed E-state index contributed by atoms with van der Waals surface area (Å²) in [5.74, 6) is 1.56. The van der Waals surface area contributed by atoms with E-state index < -0.39 is 0 Å². The van der Waals surface area contributed by atoms with Gasteiger partial charge in [0.25, 0.3) is 5.91 Å². The summed E-state index contributed by atoms with van der Waals surface area (Å²) in [6, 6.07) is 13.3. The zero-order valence-electron chi connectivity index (χ0n) is 14.2. The van der Waals surface area contributed by atoms with E-state index in [2.05, 4.69) is 15.5 Å². The number of rotatable bonds is 4. The van der Waals surface area contributed by atoms with Gasteiger partial charge in [-0.25, -0.2) is 0 Å². The van der Waals surface area contributed by atoms with E-state index in [1.54, 1.807) is 0 Å². The summed E-state index contributed by atoms with van der Waals surface area (Å²) in [5, 5.41) is 6.99. The topological polar surface area (TPSA) is 68.0 Å². The van der Waals surface area contributed by atoms with Gasteiger partial charge in [0, 0.05) is 22.7 Å². The average molecular weight is 333 g/mol. The maximum absolute atomic E-state index is 12.5.